The molecule has 6 heteroatoms. The van der Waals surface area contributed by atoms with Crippen LogP contribution in [0.1, 0.15) is 18.4 Å². The molecular formula is C19H29FN2O3. The second-order valence-corrected chi connectivity index (χ2v) is 7.45. The minimum atomic E-state index is -0.793. The first kappa shape index (κ1) is 18.7. The van der Waals surface area contributed by atoms with E-state index in [1.165, 1.54) is 12.1 Å². The number of hydrogen-bond donors (Lipinski definition) is 2. The van der Waals surface area contributed by atoms with E-state index in [4.69, 9.17) is 4.74 Å². The van der Waals surface area contributed by atoms with E-state index < -0.39 is 12.2 Å². The third kappa shape index (κ3) is 4.99. The third-order valence-corrected chi connectivity index (χ3v) is 5.50. The van der Waals surface area contributed by atoms with Gasteiger partial charge in [0.2, 0.25) is 0 Å². The van der Waals surface area contributed by atoms with Gasteiger partial charge in [-0.1, -0.05) is 12.1 Å². The number of aliphatic hydroxyl groups excluding tert-OH is 2. The Morgan fingerprint density at radius 3 is 2.52 bits per heavy atom. The van der Waals surface area contributed by atoms with Crippen molar-refractivity contribution >= 4 is 0 Å². The molecule has 0 bridgehead atoms. The molecule has 5 nitrogen and oxygen atoms in total. The van der Waals surface area contributed by atoms with Crippen molar-refractivity contribution < 1.29 is 19.3 Å². The number of aliphatic hydroxyl groups is 2. The monoisotopic (exact) mass is 352 g/mol. The van der Waals surface area contributed by atoms with Gasteiger partial charge in [0.15, 0.2) is 0 Å². The van der Waals surface area contributed by atoms with E-state index >= 15 is 0 Å². The second-order valence-electron chi connectivity index (χ2n) is 7.45. The van der Waals surface area contributed by atoms with Crippen LogP contribution in [0.15, 0.2) is 24.3 Å². The van der Waals surface area contributed by atoms with E-state index in [1.54, 1.807) is 0 Å². The molecule has 2 N–H and O–H groups in total. The van der Waals surface area contributed by atoms with Crippen LogP contribution >= 0.6 is 0 Å². The molecule has 0 spiro atoms. The van der Waals surface area contributed by atoms with Gasteiger partial charge in [0.25, 0.3) is 0 Å². The van der Waals surface area contributed by atoms with E-state index in [-0.39, 0.29) is 18.5 Å². The van der Waals surface area contributed by atoms with Crippen molar-refractivity contribution in [3.05, 3.63) is 35.6 Å². The standard InChI is InChI=1S/C19H29FN2O3/c1-21(17-12-25-13-18(23)19(17)24)10-15-6-8-22(9-7-15)11-14-2-4-16(20)5-3-14/h2-5,15,17-19,23-24H,6-13H2,1H3/t17-,18-,19+/m1/s1. The Bertz CT molecular complexity index is 534. The van der Waals surface area contributed by atoms with Crippen LogP contribution in [-0.4, -0.2) is 78.2 Å². The predicted octanol–water partition coefficient (Wildman–Crippen LogP) is 1.09. The van der Waals surface area contributed by atoms with Gasteiger partial charge in [0.1, 0.15) is 11.9 Å². The van der Waals surface area contributed by atoms with Crippen molar-refractivity contribution in [3.63, 3.8) is 0 Å². The summed E-state index contributed by atoms with van der Waals surface area (Å²) in [5, 5.41) is 19.9. The molecule has 1 aromatic carbocycles. The summed E-state index contributed by atoms with van der Waals surface area (Å²) in [5.74, 6) is 0.394. The predicted molar refractivity (Wildman–Crippen MR) is 93.7 cm³/mol. The fourth-order valence-corrected chi connectivity index (χ4v) is 3.87. The summed E-state index contributed by atoms with van der Waals surface area (Å²) in [5.41, 5.74) is 1.15. The maximum atomic E-state index is 13.0. The first-order chi connectivity index (χ1) is 12.0. The van der Waals surface area contributed by atoms with Gasteiger partial charge in [-0.05, 0) is 56.6 Å². The molecule has 0 saturated carbocycles. The molecule has 25 heavy (non-hydrogen) atoms. The van der Waals surface area contributed by atoms with Crippen LogP contribution in [0, 0.1) is 11.7 Å². The summed E-state index contributed by atoms with van der Waals surface area (Å²) >= 11 is 0. The number of rotatable bonds is 5. The molecule has 140 valence electrons. The number of hydrogen-bond acceptors (Lipinski definition) is 5. The lowest BCUT2D eigenvalue weighted by atomic mass is 9.94. The smallest absolute Gasteiger partial charge is 0.123 e. The maximum Gasteiger partial charge on any atom is 0.123 e. The minimum absolute atomic E-state index is 0.138. The Kier molecular flexibility index (Phi) is 6.41. The lowest BCUT2D eigenvalue weighted by molar-refractivity contribution is -0.130. The summed E-state index contributed by atoms with van der Waals surface area (Å²) in [7, 11) is 2.00. The molecule has 2 aliphatic heterocycles. The highest BCUT2D eigenvalue weighted by molar-refractivity contribution is 5.15. The molecule has 2 fully saturated rings. The number of halogens is 1. The van der Waals surface area contributed by atoms with Crippen molar-refractivity contribution in [1.82, 2.24) is 9.80 Å². The molecule has 0 amide bonds. The summed E-state index contributed by atoms with van der Waals surface area (Å²) in [6.07, 6.45) is 0.686. The maximum absolute atomic E-state index is 13.0. The summed E-state index contributed by atoms with van der Waals surface area (Å²) in [6, 6.07) is 6.60. The number of ether oxygens (including phenoxy) is 1. The molecule has 2 aliphatic rings. The average Bonchev–Trinajstić information content (AvgIpc) is 2.61. The summed E-state index contributed by atoms with van der Waals surface area (Å²) < 4.78 is 18.4. The molecule has 1 aromatic rings. The molecule has 0 aromatic heterocycles. The highest BCUT2D eigenvalue weighted by Crippen LogP contribution is 2.22. The number of likely N-dealkylation sites (N-methyl/N-ethyl adjacent to an activating group) is 1. The van der Waals surface area contributed by atoms with Gasteiger partial charge >= 0.3 is 0 Å². The van der Waals surface area contributed by atoms with Crippen LogP contribution in [0.4, 0.5) is 4.39 Å². The summed E-state index contributed by atoms with van der Waals surface area (Å²) in [4.78, 5) is 4.54. The second kappa shape index (κ2) is 8.56. The molecule has 2 heterocycles. The van der Waals surface area contributed by atoms with E-state index in [0.717, 1.165) is 44.6 Å². The third-order valence-electron chi connectivity index (χ3n) is 5.50. The number of likely N-dealkylation sites (tertiary alicyclic amines) is 1. The Morgan fingerprint density at radius 2 is 1.84 bits per heavy atom. The van der Waals surface area contributed by atoms with Gasteiger partial charge < -0.3 is 14.9 Å². The zero-order valence-corrected chi connectivity index (χ0v) is 14.9. The minimum Gasteiger partial charge on any atom is -0.389 e. The highest BCUT2D eigenvalue weighted by Gasteiger charge is 2.34. The SMILES string of the molecule is CN(CC1CCN(Cc2ccc(F)cc2)CC1)[C@@H]1COC[C@@H](O)[C@H]1O. The van der Waals surface area contributed by atoms with Gasteiger partial charge in [-0.2, -0.15) is 0 Å². The normalized spacial score (nSPS) is 29.2. The average molecular weight is 352 g/mol. The largest absolute Gasteiger partial charge is 0.389 e. The molecule has 2 saturated heterocycles. The van der Waals surface area contributed by atoms with E-state index in [0.29, 0.717) is 12.5 Å². The fraction of sp³-hybridized carbons (Fsp3) is 0.684. The van der Waals surface area contributed by atoms with Gasteiger partial charge in [-0.25, -0.2) is 4.39 Å². The lowest BCUT2D eigenvalue weighted by Crippen LogP contribution is -2.56. The van der Waals surface area contributed by atoms with Crippen LogP contribution in [0.5, 0.6) is 0 Å². The Hall–Kier alpha value is -1.05. The fourth-order valence-electron chi connectivity index (χ4n) is 3.87. The van der Waals surface area contributed by atoms with E-state index in [2.05, 4.69) is 9.80 Å². The molecule has 3 atom stereocenters. The van der Waals surface area contributed by atoms with Crippen LogP contribution in [-0.2, 0) is 11.3 Å². The molecule has 0 aliphatic carbocycles. The zero-order chi connectivity index (χ0) is 17.8. The van der Waals surface area contributed by atoms with Crippen LogP contribution < -0.4 is 0 Å². The molecule has 0 unspecified atom stereocenters. The van der Waals surface area contributed by atoms with Gasteiger partial charge in [-0.15, -0.1) is 0 Å². The Balaban J connectivity index is 1.43. The lowest BCUT2D eigenvalue weighted by Gasteiger charge is -2.40. The summed E-state index contributed by atoms with van der Waals surface area (Å²) in [6.45, 7) is 4.52. The molecular weight excluding hydrogens is 323 g/mol. The van der Waals surface area contributed by atoms with E-state index in [9.17, 15) is 14.6 Å². The van der Waals surface area contributed by atoms with Gasteiger partial charge in [0.05, 0.1) is 25.4 Å². The Labute approximate surface area is 149 Å². The quantitative estimate of drug-likeness (QED) is 0.831. The molecule has 0 radical (unpaired) electrons. The van der Waals surface area contributed by atoms with Crippen molar-refractivity contribution in [1.29, 1.82) is 0 Å². The van der Waals surface area contributed by atoms with Gasteiger partial charge in [-0.3, -0.25) is 9.80 Å². The number of benzene rings is 1. The van der Waals surface area contributed by atoms with Crippen molar-refractivity contribution in [3.8, 4) is 0 Å². The van der Waals surface area contributed by atoms with Crippen molar-refractivity contribution in [2.24, 2.45) is 5.92 Å². The van der Waals surface area contributed by atoms with Crippen molar-refractivity contribution in [2.75, 3.05) is 39.9 Å². The highest BCUT2D eigenvalue weighted by atomic mass is 19.1. The van der Waals surface area contributed by atoms with Crippen LogP contribution in [0.25, 0.3) is 0 Å². The first-order valence-electron chi connectivity index (χ1n) is 9.14. The van der Waals surface area contributed by atoms with Crippen LogP contribution in [0.3, 0.4) is 0 Å². The van der Waals surface area contributed by atoms with Gasteiger partial charge in [0, 0.05) is 13.1 Å². The zero-order valence-electron chi connectivity index (χ0n) is 14.9. The first-order valence-corrected chi connectivity index (χ1v) is 9.14. The number of nitrogens with zero attached hydrogens (tertiary/aromatic N) is 2. The number of piperidine rings is 1. The van der Waals surface area contributed by atoms with E-state index in [1.807, 2.05) is 19.2 Å². The Morgan fingerprint density at radius 1 is 1.16 bits per heavy atom. The molecule has 3 rings (SSSR count). The van der Waals surface area contributed by atoms with Crippen LogP contribution in [0.2, 0.25) is 0 Å². The van der Waals surface area contributed by atoms with Crippen molar-refractivity contribution in [2.45, 2.75) is 37.6 Å². The topological polar surface area (TPSA) is 56.2 Å².